The monoisotopic (exact) mass is 529 g/mol. The molecule has 8 heteroatoms. The van der Waals surface area contributed by atoms with Crippen LogP contribution in [0.15, 0.2) is 54.6 Å². The van der Waals surface area contributed by atoms with Crippen LogP contribution in [0.5, 0.6) is 11.5 Å². The molecule has 0 aromatic heterocycles. The standard InChI is InChI=1S/C31H35N3O5/c1-21-22(2)29-27(23(3)28(21)38-20-24-8-6-5-7-9-24)14-15-31(4,39-29)30(35)33-18-16-32(17-19-33)25-10-12-26(13-11-25)34(36)37/h5-13H,14-20H2,1-4H3/t31-/m0/s1. The minimum Gasteiger partial charge on any atom is -0.488 e. The minimum atomic E-state index is -0.932. The van der Waals surface area contributed by atoms with Crippen LogP contribution in [0, 0.1) is 30.9 Å². The summed E-state index contributed by atoms with van der Waals surface area (Å²) in [5.74, 6) is 1.72. The lowest BCUT2D eigenvalue weighted by molar-refractivity contribution is -0.384. The highest BCUT2D eigenvalue weighted by atomic mass is 16.6. The molecule has 0 aliphatic carbocycles. The average molecular weight is 530 g/mol. The first-order chi connectivity index (χ1) is 18.7. The number of carbonyl (C=O) groups excluding carboxylic acids is 1. The lowest BCUT2D eigenvalue weighted by Gasteiger charge is -2.42. The van der Waals surface area contributed by atoms with Crippen molar-refractivity contribution in [2.45, 2.75) is 52.7 Å². The quantitative estimate of drug-likeness (QED) is 0.308. The van der Waals surface area contributed by atoms with Gasteiger partial charge in [-0.1, -0.05) is 30.3 Å². The van der Waals surface area contributed by atoms with E-state index in [-0.39, 0.29) is 11.6 Å². The second kappa shape index (κ2) is 10.6. The molecule has 2 heterocycles. The third-order valence-electron chi connectivity index (χ3n) is 8.16. The molecule has 0 radical (unpaired) electrons. The highest BCUT2D eigenvalue weighted by molar-refractivity contribution is 5.86. The van der Waals surface area contributed by atoms with Gasteiger partial charge in [0.2, 0.25) is 0 Å². The Balaban J connectivity index is 1.27. The number of nitrogens with zero attached hydrogens (tertiary/aromatic N) is 3. The van der Waals surface area contributed by atoms with Crippen molar-refractivity contribution in [1.82, 2.24) is 4.90 Å². The van der Waals surface area contributed by atoms with Gasteiger partial charge in [-0.05, 0) is 68.5 Å². The van der Waals surface area contributed by atoms with Gasteiger partial charge in [-0.15, -0.1) is 0 Å². The molecule has 8 nitrogen and oxygen atoms in total. The summed E-state index contributed by atoms with van der Waals surface area (Å²) >= 11 is 0. The molecule has 3 aromatic rings. The van der Waals surface area contributed by atoms with Crippen LogP contribution in [0.2, 0.25) is 0 Å². The summed E-state index contributed by atoms with van der Waals surface area (Å²) in [6, 6.07) is 16.7. The summed E-state index contributed by atoms with van der Waals surface area (Å²) in [6.45, 7) is 11.1. The van der Waals surface area contributed by atoms with E-state index in [0.717, 1.165) is 51.4 Å². The predicted octanol–water partition coefficient (Wildman–Crippen LogP) is 5.53. The Labute approximate surface area is 229 Å². The van der Waals surface area contributed by atoms with Gasteiger partial charge in [0.1, 0.15) is 18.1 Å². The van der Waals surface area contributed by atoms with Crippen LogP contribution in [0.1, 0.15) is 41.2 Å². The molecule has 0 bridgehead atoms. The maximum Gasteiger partial charge on any atom is 0.269 e. The molecule has 5 rings (SSSR count). The number of anilines is 1. The van der Waals surface area contributed by atoms with Crippen molar-refractivity contribution >= 4 is 17.3 Å². The third-order valence-corrected chi connectivity index (χ3v) is 8.16. The number of piperazine rings is 1. The highest BCUT2D eigenvalue weighted by Crippen LogP contribution is 2.44. The van der Waals surface area contributed by atoms with Crippen LogP contribution in [-0.2, 0) is 17.8 Å². The number of hydrogen-bond acceptors (Lipinski definition) is 6. The molecule has 0 unspecified atom stereocenters. The zero-order valence-electron chi connectivity index (χ0n) is 23.0. The maximum absolute atomic E-state index is 13.7. The number of hydrogen-bond donors (Lipinski definition) is 0. The van der Waals surface area contributed by atoms with Crippen LogP contribution < -0.4 is 14.4 Å². The largest absolute Gasteiger partial charge is 0.488 e. The number of rotatable bonds is 6. The van der Waals surface area contributed by atoms with Crippen molar-refractivity contribution in [3.63, 3.8) is 0 Å². The fourth-order valence-electron chi connectivity index (χ4n) is 5.62. The number of non-ortho nitro benzene ring substituents is 1. The molecule has 2 aliphatic rings. The summed E-state index contributed by atoms with van der Waals surface area (Å²) in [5, 5.41) is 11.0. The van der Waals surface area contributed by atoms with Gasteiger partial charge in [-0.2, -0.15) is 0 Å². The first-order valence-electron chi connectivity index (χ1n) is 13.4. The van der Waals surface area contributed by atoms with Gasteiger partial charge >= 0.3 is 0 Å². The van der Waals surface area contributed by atoms with E-state index in [1.807, 2.05) is 36.9 Å². The lowest BCUT2D eigenvalue weighted by atomic mass is 9.86. The molecular weight excluding hydrogens is 494 g/mol. The maximum atomic E-state index is 13.7. The second-order valence-corrected chi connectivity index (χ2v) is 10.7. The smallest absolute Gasteiger partial charge is 0.269 e. The van der Waals surface area contributed by atoms with E-state index in [1.165, 1.54) is 12.1 Å². The van der Waals surface area contributed by atoms with Crippen molar-refractivity contribution in [2.24, 2.45) is 0 Å². The van der Waals surface area contributed by atoms with E-state index < -0.39 is 10.5 Å². The van der Waals surface area contributed by atoms with E-state index in [4.69, 9.17) is 9.47 Å². The van der Waals surface area contributed by atoms with Gasteiger partial charge in [0.25, 0.3) is 11.6 Å². The Morgan fingerprint density at radius 2 is 1.64 bits per heavy atom. The zero-order chi connectivity index (χ0) is 27.7. The van der Waals surface area contributed by atoms with Gasteiger partial charge in [0.05, 0.1) is 4.92 Å². The van der Waals surface area contributed by atoms with E-state index in [2.05, 4.69) is 30.9 Å². The van der Waals surface area contributed by atoms with Gasteiger partial charge in [0, 0.05) is 56.0 Å². The van der Waals surface area contributed by atoms with Gasteiger partial charge in [-0.25, -0.2) is 0 Å². The molecule has 2 aliphatic heterocycles. The molecule has 0 N–H and O–H groups in total. The van der Waals surface area contributed by atoms with E-state index in [0.29, 0.717) is 39.2 Å². The average Bonchev–Trinajstić information content (AvgIpc) is 2.96. The SMILES string of the molecule is Cc1c(C)c2c(c(C)c1OCc1ccccc1)CC[C@@](C)(C(=O)N1CCN(c3ccc([N+](=O)[O-])cc3)CC1)O2. The summed E-state index contributed by atoms with van der Waals surface area (Å²) in [7, 11) is 0. The topological polar surface area (TPSA) is 85.2 Å². The first-order valence-corrected chi connectivity index (χ1v) is 13.4. The summed E-state index contributed by atoms with van der Waals surface area (Å²) in [5.41, 5.74) is 5.44. The van der Waals surface area contributed by atoms with Crippen LogP contribution in [0.3, 0.4) is 0 Å². The summed E-state index contributed by atoms with van der Waals surface area (Å²) in [4.78, 5) is 28.3. The van der Waals surface area contributed by atoms with Crippen molar-refractivity contribution in [3.05, 3.63) is 92.5 Å². The fraction of sp³-hybridized carbons (Fsp3) is 0.387. The molecule has 1 atom stereocenters. The number of nitro groups is 1. The molecule has 204 valence electrons. The number of nitro benzene ring substituents is 1. The van der Waals surface area contributed by atoms with Gasteiger partial charge < -0.3 is 19.3 Å². The Bertz CT molecular complexity index is 1380. The summed E-state index contributed by atoms with van der Waals surface area (Å²) < 4.78 is 12.9. The molecule has 1 saturated heterocycles. The highest BCUT2D eigenvalue weighted by Gasteiger charge is 2.43. The number of amides is 1. The fourth-order valence-corrected chi connectivity index (χ4v) is 5.62. The van der Waals surface area contributed by atoms with Crippen LogP contribution in [0.4, 0.5) is 11.4 Å². The molecule has 0 spiro atoms. The Morgan fingerprint density at radius 1 is 0.974 bits per heavy atom. The van der Waals surface area contributed by atoms with Crippen molar-refractivity contribution in [2.75, 3.05) is 31.1 Å². The van der Waals surface area contributed by atoms with Crippen LogP contribution in [-0.4, -0.2) is 47.5 Å². The Hall–Kier alpha value is -4.07. The normalized spacial score (nSPS) is 18.8. The van der Waals surface area contributed by atoms with Gasteiger partial charge in [-0.3, -0.25) is 14.9 Å². The zero-order valence-corrected chi connectivity index (χ0v) is 23.0. The third kappa shape index (κ3) is 5.15. The molecular formula is C31H35N3O5. The number of benzene rings is 3. The van der Waals surface area contributed by atoms with Crippen molar-refractivity contribution in [1.29, 1.82) is 0 Å². The van der Waals surface area contributed by atoms with Gasteiger partial charge in [0.15, 0.2) is 5.60 Å². The minimum absolute atomic E-state index is 0.00982. The van der Waals surface area contributed by atoms with Crippen LogP contribution in [0.25, 0.3) is 0 Å². The predicted molar refractivity (Wildman–Crippen MR) is 151 cm³/mol. The molecule has 1 fully saturated rings. The number of fused-ring (bicyclic) bond motifs is 1. The Morgan fingerprint density at radius 3 is 2.28 bits per heavy atom. The van der Waals surface area contributed by atoms with E-state index >= 15 is 0 Å². The molecule has 39 heavy (non-hydrogen) atoms. The molecule has 1 amide bonds. The summed E-state index contributed by atoms with van der Waals surface area (Å²) in [6.07, 6.45) is 1.35. The molecule has 0 saturated carbocycles. The lowest BCUT2D eigenvalue weighted by Crippen LogP contribution is -2.57. The second-order valence-electron chi connectivity index (χ2n) is 10.7. The number of ether oxygens (including phenoxy) is 2. The number of carbonyl (C=O) groups is 1. The van der Waals surface area contributed by atoms with E-state index in [1.54, 1.807) is 12.1 Å². The first kappa shape index (κ1) is 26.5. The van der Waals surface area contributed by atoms with Crippen molar-refractivity contribution < 1.29 is 19.2 Å². The van der Waals surface area contributed by atoms with Crippen molar-refractivity contribution in [3.8, 4) is 11.5 Å². The Kier molecular flexibility index (Phi) is 7.21. The van der Waals surface area contributed by atoms with Crippen LogP contribution >= 0.6 is 0 Å². The van der Waals surface area contributed by atoms with E-state index in [9.17, 15) is 14.9 Å². The molecule has 3 aromatic carbocycles.